The number of nitrogens with one attached hydrogen (secondary N) is 2. The Hall–Kier alpha value is -3.53. The summed E-state index contributed by atoms with van der Waals surface area (Å²) < 4.78 is 52.9. The molecule has 8 nitrogen and oxygen atoms in total. The maximum atomic E-state index is 15.5. The maximum absolute atomic E-state index is 15.5. The van der Waals surface area contributed by atoms with Crippen molar-refractivity contribution in [2.24, 2.45) is 0 Å². The molecule has 0 bridgehead atoms. The summed E-state index contributed by atoms with van der Waals surface area (Å²) in [6.45, 7) is -0.927. The largest absolute Gasteiger partial charge is 0.492 e. The number of aromatic amines is 1. The van der Waals surface area contributed by atoms with Crippen molar-refractivity contribution in [2.75, 3.05) is 44.7 Å². The normalized spacial score (nSPS) is 17.4. The number of piperazine rings is 1. The molecule has 1 amide bonds. The molecule has 4 heterocycles. The molecule has 0 radical (unpaired) electrons. The van der Waals surface area contributed by atoms with Crippen LogP contribution in [0, 0.1) is 11.8 Å². The van der Waals surface area contributed by atoms with Gasteiger partial charge in [0.05, 0.1) is 23.4 Å². The molecule has 2 aromatic heterocycles. The van der Waals surface area contributed by atoms with Gasteiger partial charge in [-0.05, 0) is 18.2 Å². The third-order valence-corrected chi connectivity index (χ3v) is 5.96. The van der Waals surface area contributed by atoms with E-state index >= 15 is 4.39 Å². The number of halogens is 2. The zero-order chi connectivity index (χ0) is 24.9. The van der Waals surface area contributed by atoms with Crippen LogP contribution < -0.4 is 20.5 Å². The minimum absolute atomic E-state index is 0.0374. The Bertz CT molecular complexity index is 1390. The summed E-state index contributed by atoms with van der Waals surface area (Å²) in [4.78, 5) is 33.4. The Labute approximate surface area is 191 Å². The van der Waals surface area contributed by atoms with Crippen molar-refractivity contribution < 1.29 is 21.1 Å². The molecule has 1 saturated heterocycles. The van der Waals surface area contributed by atoms with Crippen LogP contribution in [0.1, 0.15) is 24.4 Å². The highest BCUT2D eigenvalue weighted by molar-refractivity contribution is 5.92. The number of carbonyl (C=O) groups excluding carboxylic acids is 1. The van der Waals surface area contributed by atoms with Crippen molar-refractivity contribution >= 4 is 22.5 Å². The van der Waals surface area contributed by atoms with Crippen LogP contribution in [0.15, 0.2) is 29.1 Å². The van der Waals surface area contributed by atoms with Gasteiger partial charge in [-0.25, -0.2) is 9.37 Å². The summed E-state index contributed by atoms with van der Waals surface area (Å²) in [6, 6.07) is 5.84. The van der Waals surface area contributed by atoms with E-state index in [4.69, 9.17) is 7.48 Å². The summed E-state index contributed by atoms with van der Waals surface area (Å²) in [5.74, 6) is -1.78. The van der Waals surface area contributed by atoms with Crippen LogP contribution in [0.5, 0.6) is 5.75 Å². The fourth-order valence-corrected chi connectivity index (χ4v) is 4.22. The van der Waals surface area contributed by atoms with E-state index in [0.717, 1.165) is 0 Å². The van der Waals surface area contributed by atoms with Crippen molar-refractivity contribution in [2.45, 2.75) is 12.9 Å². The van der Waals surface area contributed by atoms with Crippen molar-refractivity contribution in [1.29, 1.82) is 0 Å². The van der Waals surface area contributed by atoms with E-state index < -0.39 is 29.7 Å². The van der Waals surface area contributed by atoms with E-state index in [-0.39, 0.29) is 48.6 Å². The number of hydrogen-bond acceptors (Lipinski definition) is 6. The van der Waals surface area contributed by atoms with Gasteiger partial charge in [-0.3, -0.25) is 14.5 Å². The molecule has 2 aliphatic rings. The zero-order valence-electron chi connectivity index (χ0n) is 19.9. The van der Waals surface area contributed by atoms with Gasteiger partial charge in [0, 0.05) is 59.8 Å². The minimum Gasteiger partial charge on any atom is -0.492 e. The molecule has 10 heteroatoms. The summed E-state index contributed by atoms with van der Waals surface area (Å²) >= 11 is 0. The van der Waals surface area contributed by atoms with Gasteiger partial charge in [0.25, 0.3) is 11.5 Å². The topological polar surface area (TPSA) is 90.6 Å². The molecule has 1 fully saturated rings. The number of pyridine rings is 2. The average Bonchev–Trinajstić information content (AvgIpc) is 3.35. The number of nitrogens with zero attached hydrogens (tertiary/aromatic N) is 3. The quantitative estimate of drug-likeness (QED) is 0.581. The second-order valence-corrected chi connectivity index (χ2v) is 7.88. The molecule has 0 unspecified atom stereocenters. The van der Waals surface area contributed by atoms with Crippen molar-refractivity contribution in [3.63, 3.8) is 0 Å². The zero-order valence-corrected chi connectivity index (χ0v) is 17.9. The first-order chi connectivity index (χ1) is 16.7. The predicted molar refractivity (Wildman–Crippen MR) is 119 cm³/mol. The Morgan fingerprint density at radius 2 is 2.03 bits per heavy atom. The number of benzene rings is 1. The van der Waals surface area contributed by atoms with E-state index in [1.807, 2.05) is 0 Å². The molecule has 172 valence electrons. The van der Waals surface area contributed by atoms with Gasteiger partial charge in [-0.2, -0.15) is 4.39 Å². The lowest BCUT2D eigenvalue weighted by molar-refractivity contribution is 0.0957. The molecular formula is C23H23F2N5O3. The molecule has 3 aromatic rings. The first kappa shape index (κ1) is 19.0. The molecule has 0 atom stereocenters. The number of aromatic nitrogens is 2. The van der Waals surface area contributed by atoms with Gasteiger partial charge >= 0.3 is 0 Å². The number of carbonyl (C=O) groups is 1. The average molecular weight is 457 g/mol. The molecule has 2 aliphatic heterocycles. The molecular weight excluding hydrogens is 432 g/mol. The van der Waals surface area contributed by atoms with Gasteiger partial charge in [-0.15, -0.1) is 0 Å². The van der Waals surface area contributed by atoms with Crippen LogP contribution in [-0.2, 0) is 12.9 Å². The summed E-state index contributed by atoms with van der Waals surface area (Å²) in [6.07, 6.45) is 0.444. The lowest BCUT2D eigenvalue weighted by Gasteiger charge is -2.36. The van der Waals surface area contributed by atoms with Crippen LogP contribution in [0.2, 0.25) is 0 Å². The maximum Gasteiger partial charge on any atom is 0.269 e. The van der Waals surface area contributed by atoms with Gasteiger partial charge in [0.15, 0.2) is 5.82 Å². The van der Waals surface area contributed by atoms with Crippen LogP contribution in [0.4, 0.5) is 14.5 Å². The van der Waals surface area contributed by atoms with E-state index in [2.05, 4.69) is 15.3 Å². The van der Waals surface area contributed by atoms with E-state index in [0.29, 0.717) is 29.7 Å². The van der Waals surface area contributed by atoms with E-state index in [1.54, 1.807) is 11.0 Å². The number of hydrogen-bond donors (Lipinski definition) is 2. The number of H-pyrrole nitrogens is 1. The summed E-state index contributed by atoms with van der Waals surface area (Å²) in [5, 5.41) is 2.79. The summed E-state index contributed by atoms with van der Waals surface area (Å²) in [5.41, 5.74) is -0.0808. The Morgan fingerprint density at radius 3 is 2.76 bits per heavy atom. The van der Waals surface area contributed by atoms with Crippen LogP contribution in [0.3, 0.4) is 0 Å². The first-order valence-corrected chi connectivity index (χ1v) is 10.6. The van der Waals surface area contributed by atoms with Crippen molar-refractivity contribution in [3.8, 4) is 5.75 Å². The van der Waals surface area contributed by atoms with Gasteiger partial charge in [0.1, 0.15) is 11.4 Å². The second-order valence-electron chi connectivity index (χ2n) is 7.88. The fraction of sp³-hybridized carbons (Fsp3) is 0.348. The van der Waals surface area contributed by atoms with Crippen molar-refractivity contribution in [1.82, 2.24) is 20.2 Å². The number of ether oxygens (including phenoxy) is 1. The van der Waals surface area contributed by atoms with E-state index in [1.165, 1.54) is 30.1 Å². The van der Waals surface area contributed by atoms with Gasteiger partial charge in [-0.1, -0.05) is 6.07 Å². The van der Waals surface area contributed by atoms with Crippen LogP contribution in [0.25, 0.3) is 10.9 Å². The SMILES string of the molecule is [2H]C([2H])(c1ccc2c3c(c(=O)[nH]c2c1F)CCO3)N1CCN(c2ccc(C(=O)NC)nc2F)CC1. The molecule has 0 spiro atoms. The standard InChI is InChI=1S/C23H23F2N5O3/c1-26-23(32)16-4-5-17(21(25)27-16)30-9-7-29(8-10-30)12-13-2-3-14-19(18(13)24)28-22(31)15-6-11-33-20(14)15/h2-5H,6-12H2,1H3,(H,26,32)(H,28,31)/i12D2. The Balaban J connectivity index is 1.38. The lowest BCUT2D eigenvalue weighted by atomic mass is 10.1. The number of amides is 1. The molecule has 1 aromatic carbocycles. The molecule has 0 saturated carbocycles. The number of rotatable bonds is 4. The highest BCUT2D eigenvalue weighted by Gasteiger charge is 2.25. The fourth-order valence-electron chi connectivity index (χ4n) is 4.22. The molecule has 0 aliphatic carbocycles. The smallest absolute Gasteiger partial charge is 0.269 e. The monoisotopic (exact) mass is 457 g/mol. The first-order valence-electron chi connectivity index (χ1n) is 11.6. The second kappa shape index (κ2) is 8.43. The molecule has 2 N–H and O–H groups in total. The Kier molecular flexibility index (Phi) is 4.85. The van der Waals surface area contributed by atoms with Crippen LogP contribution in [-0.4, -0.2) is 60.6 Å². The predicted octanol–water partition coefficient (Wildman–Crippen LogP) is 1.82. The highest BCUT2D eigenvalue weighted by Crippen LogP contribution is 2.33. The highest BCUT2D eigenvalue weighted by atomic mass is 19.1. The molecule has 5 rings (SSSR count). The van der Waals surface area contributed by atoms with Crippen molar-refractivity contribution in [3.05, 3.63) is 63.2 Å². The number of fused-ring (bicyclic) bond motifs is 3. The third-order valence-electron chi connectivity index (χ3n) is 5.96. The van der Waals surface area contributed by atoms with Gasteiger partial charge in [0.2, 0.25) is 5.95 Å². The van der Waals surface area contributed by atoms with Gasteiger partial charge < -0.3 is 19.9 Å². The summed E-state index contributed by atoms with van der Waals surface area (Å²) in [7, 11) is 1.43. The minimum atomic E-state index is -2.18. The lowest BCUT2D eigenvalue weighted by Crippen LogP contribution is -2.46. The number of anilines is 1. The van der Waals surface area contributed by atoms with Crippen LogP contribution >= 0.6 is 0 Å². The third kappa shape index (κ3) is 3.80. The Morgan fingerprint density at radius 1 is 1.24 bits per heavy atom. The molecule has 33 heavy (non-hydrogen) atoms. The van der Waals surface area contributed by atoms with E-state index in [9.17, 15) is 14.0 Å².